The predicted octanol–water partition coefficient (Wildman–Crippen LogP) is 2.90. The summed E-state index contributed by atoms with van der Waals surface area (Å²) in [5.74, 6) is 0. The van der Waals surface area contributed by atoms with Crippen molar-refractivity contribution in [3.8, 4) is 0 Å². The highest BCUT2D eigenvalue weighted by molar-refractivity contribution is 5.77. The van der Waals surface area contributed by atoms with Crippen molar-refractivity contribution in [1.82, 2.24) is 4.90 Å². The maximum atomic E-state index is 11.8. The Kier molecular flexibility index (Phi) is 4.10. The summed E-state index contributed by atoms with van der Waals surface area (Å²) in [6.45, 7) is 5.69. The summed E-state index contributed by atoms with van der Waals surface area (Å²) in [6.07, 6.45) is 0.654. The monoisotopic (exact) mass is 260 g/mol. The molecule has 0 unspecified atom stereocenters. The van der Waals surface area contributed by atoms with Crippen LogP contribution in [0.1, 0.15) is 25.8 Å². The standard InChI is InChI=1S/C15H20N2O2/c1-3-19-15(18)17-9-8-11(2)14(10-17)12-4-6-13(16)7-5-12/h4-7H,3,8-10,16H2,1-2H3. The average Bonchev–Trinajstić information content (AvgIpc) is 2.41. The van der Waals surface area contributed by atoms with E-state index in [0.29, 0.717) is 13.2 Å². The fourth-order valence-corrected chi connectivity index (χ4v) is 2.25. The Hall–Kier alpha value is -1.97. The first kappa shape index (κ1) is 13.5. The molecule has 1 aliphatic rings. The molecule has 0 spiro atoms. The van der Waals surface area contributed by atoms with E-state index in [1.54, 1.807) is 4.90 Å². The molecule has 0 aromatic heterocycles. The Morgan fingerprint density at radius 1 is 1.37 bits per heavy atom. The molecule has 2 N–H and O–H groups in total. The zero-order valence-electron chi connectivity index (χ0n) is 11.5. The molecule has 1 amide bonds. The molecular formula is C15H20N2O2. The van der Waals surface area contributed by atoms with Gasteiger partial charge in [-0.2, -0.15) is 0 Å². The Bertz CT molecular complexity index is 491. The van der Waals surface area contributed by atoms with Gasteiger partial charge in [-0.05, 0) is 43.5 Å². The zero-order chi connectivity index (χ0) is 13.8. The summed E-state index contributed by atoms with van der Waals surface area (Å²) in [7, 11) is 0. The first-order valence-electron chi connectivity index (χ1n) is 6.58. The molecule has 2 rings (SSSR count). The molecular weight excluding hydrogens is 240 g/mol. The lowest BCUT2D eigenvalue weighted by Crippen LogP contribution is -2.36. The van der Waals surface area contributed by atoms with Crippen molar-refractivity contribution < 1.29 is 9.53 Å². The molecule has 4 heteroatoms. The van der Waals surface area contributed by atoms with Crippen LogP contribution in [0.5, 0.6) is 0 Å². The van der Waals surface area contributed by atoms with Gasteiger partial charge in [-0.1, -0.05) is 17.7 Å². The second-order valence-electron chi connectivity index (χ2n) is 4.75. The van der Waals surface area contributed by atoms with Crippen molar-refractivity contribution in [2.45, 2.75) is 20.3 Å². The van der Waals surface area contributed by atoms with Gasteiger partial charge in [-0.15, -0.1) is 0 Å². The Morgan fingerprint density at radius 3 is 2.68 bits per heavy atom. The van der Waals surface area contributed by atoms with Gasteiger partial charge in [0.2, 0.25) is 0 Å². The van der Waals surface area contributed by atoms with E-state index >= 15 is 0 Å². The van der Waals surface area contributed by atoms with Gasteiger partial charge in [-0.25, -0.2) is 4.79 Å². The maximum absolute atomic E-state index is 11.8. The van der Waals surface area contributed by atoms with Gasteiger partial charge < -0.3 is 15.4 Å². The fraction of sp³-hybridized carbons (Fsp3) is 0.400. The van der Waals surface area contributed by atoms with Crippen molar-refractivity contribution in [2.75, 3.05) is 25.4 Å². The molecule has 1 heterocycles. The molecule has 1 aromatic rings. The van der Waals surface area contributed by atoms with Crippen LogP contribution in [0, 0.1) is 0 Å². The van der Waals surface area contributed by atoms with Crippen LogP contribution < -0.4 is 5.73 Å². The molecule has 0 atom stereocenters. The number of amides is 1. The van der Waals surface area contributed by atoms with Gasteiger partial charge in [0, 0.05) is 18.8 Å². The van der Waals surface area contributed by atoms with Crippen molar-refractivity contribution in [2.24, 2.45) is 0 Å². The molecule has 0 fully saturated rings. The molecule has 1 aromatic carbocycles. The molecule has 0 radical (unpaired) electrons. The molecule has 0 aliphatic carbocycles. The highest BCUT2D eigenvalue weighted by Gasteiger charge is 2.22. The Balaban J connectivity index is 2.19. The minimum atomic E-state index is -0.233. The SMILES string of the molecule is CCOC(=O)N1CCC(C)=C(c2ccc(N)cc2)C1. The molecule has 1 aliphatic heterocycles. The molecule has 19 heavy (non-hydrogen) atoms. The lowest BCUT2D eigenvalue weighted by molar-refractivity contribution is 0.111. The van der Waals surface area contributed by atoms with Gasteiger partial charge >= 0.3 is 6.09 Å². The van der Waals surface area contributed by atoms with Crippen LogP contribution in [0.4, 0.5) is 10.5 Å². The smallest absolute Gasteiger partial charge is 0.410 e. The number of nitrogen functional groups attached to an aromatic ring is 1. The fourth-order valence-electron chi connectivity index (χ4n) is 2.25. The van der Waals surface area contributed by atoms with E-state index in [1.807, 2.05) is 31.2 Å². The molecule has 0 saturated carbocycles. The third-order valence-corrected chi connectivity index (χ3v) is 3.41. The summed E-state index contributed by atoms with van der Waals surface area (Å²) in [5, 5.41) is 0. The third kappa shape index (κ3) is 3.08. The number of carbonyl (C=O) groups excluding carboxylic acids is 1. The first-order chi connectivity index (χ1) is 9.11. The second-order valence-corrected chi connectivity index (χ2v) is 4.75. The molecule has 4 nitrogen and oxygen atoms in total. The van der Waals surface area contributed by atoms with E-state index in [2.05, 4.69) is 6.92 Å². The van der Waals surface area contributed by atoms with Crippen LogP contribution >= 0.6 is 0 Å². The summed E-state index contributed by atoms with van der Waals surface area (Å²) >= 11 is 0. The number of benzene rings is 1. The van der Waals surface area contributed by atoms with Gasteiger partial charge in [-0.3, -0.25) is 0 Å². The van der Waals surface area contributed by atoms with E-state index in [4.69, 9.17) is 10.5 Å². The maximum Gasteiger partial charge on any atom is 0.410 e. The number of nitrogens with two attached hydrogens (primary N) is 1. The third-order valence-electron chi connectivity index (χ3n) is 3.41. The molecule has 102 valence electrons. The number of hydrogen-bond donors (Lipinski definition) is 1. The highest BCUT2D eigenvalue weighted by atomic mass is 16.6. The van der Waals surface area contributed by atoms with Crippen LogP contribution in [-0.4, -0.2) is 30.7 Å². The van der Waals surface area contributed by atoms with Crippen LogP contribution in [0.3, 0.4) is 0 Å². The second kappa shape index (κ2) is 5.78. The van der Waals surface area contributed by atoms with E-state index < -0.39 is 0 Å². The van der Waals surface area contributed by atoms with Crippen molar-refractivity contribution in [1.29, 1.82) is 0 Å². The predicted molar refractivity (Wildman–Crippen MR) is 76.7 cm³/mol. The first-order valence-corrected chi connectivity index (χ1v) is 6.58. The van der Waals surface area contributed by atoms with Crippen LogP contribution in [0.15, 0.2) is 29.8 Å². The summed E-state index contributed by atoms with van der Waals surface area (Å²) in [4.78, 5) is 13.5. The van der Waals surface area contributed by atoms with E-state index in [9.17, 15) is 4.79 Å². The summed E-state index contributed by atoms with van der Waals surface area (Å²) in [5.41, 5.74) is 10.1. The number of anilines is 1. The molecule has 0 saturated heterocycles. The number of nitrogens with zero attached hydrogens (tertiary/aromatic N) is 1. The summed E-state index contributed by atoms with van der Waals surface area (Å²) < 4.78 is 5.06. The normalized spacial score (nSPS) is 15.6. The average molecular weight is 260 g/mol. The van der Waals surface area contributed by atoms with Crippen LogP contribution in [0.2, 0.25) is 0 Å². The molecule has 0 bridgehead atoms. The van der Waals surface area contributed by atoms with Gasteiger partial charge in [0.1, 0.15) is 0 Å². The Labute approximate surface area is 113 Å². The van der Waals surface area contributed by atoms with Gasteiger partial charge in [0.15, 0.2) is 0 Å². The zero-order valence-corrected chi connectivity index (χ0v) is 11.5. The van der Waals surface area contributed by atoms with E-state index in [1.165, 1.54) is 11.1 Å². The van der Waals surface area contributed by atoms with Gasteiger partial charge in [0.05, 0.1) is 6.61 Å². The minimum absolute atomic E-state index is 0.233. The lowest BCUT2D eigenvalue weighted by atomic mass is 9.95. The largest absolute Gasteiger partial charge is 0.450 e. The number of carbonyl (C=O) groups is 1. The quantitative estimate of drug-likeness (QED) is 0.832. The van der Waals surface area contributed by atoms with E-state index in [0.717, 1.165) is 24.2 Å². The number of rotatable bonds is 2. The Morgan fingerprint density at radius 2 is 2.05 bits per heavy atom. The lowest BCUT2D eigenvalue weighted by Gasteiger charge is -2.29. The minimum Gasteiger partial charge on any atom is -0.450 e. The number of ether oxygens (including phenoxy) is 1. The van der Waals surface area contributed by atoms with E-state index in [-0.39, 0.29) is 6.09 Å². The van der Waals surface area contributed by atoms with Gasteiger partial charge in [0.25, 0.3) is 0 Å². The topological polar surface area (TPSA) is 55.6 Å². The van der Waals surface area contributed by atoms with Crippen LogP contribution in [-0.2, 0) is 4.74 Å². The number of hydrogen-bond acceptors (Lipinski definition) is 3. The highest BCUT2D eigenvalue weighted by Crippen LogP contribution is 2.27. The van der Waals surface area contributed by atoms with Crippen molar-refractivity contribution in [3.05, 3.63) is 35.4 Å². The van der Waals surface area contributed by atoms with Crippen molar-refractivity contribution in [3.63, 3.8) is 0 Å². The van der Waals surface area contributed by atoms with Crippen molar-refractivity contribution >= 4 is 17.4 Å². The summed E-state index contributed by atoms with van der Waals surface area (Å²) in [6, 6.07) is 7.78. The van der Waals surface area contributed by atoms with Crippen LogP contribution in [0.25, 0.3) is 5.57 Å².